The summed E-state index contributed by atoms with van der Waals surface area (Å²) in [6, 6.07) is 3.82. The number of anilines is 1. The number of ketones is 1. The van der Waals surface area contributed by atoms with Crippen LogP contribution in [0.2, 0.25) is 0 Å². The maximum Gasteiger partial charge on any atom is 0.171 e. The second-order valence-electron chi connectivity index (χ2n) is 2.73. The van der Waals surface area contributed by atoms with Crippen molar-refractivity contribution in [2.24, 2.45) is 0 Å². The molecule has 2 rings (SSSR count). The molecule has 3 nitrogen and oxygen atoms in total. The molecule has 1 fully saturated rings. The molecule has 0 spiro atoms. The third-order valence-electron chi connectivity index (χ3n) is 1.77. The summed E-state index contributed by atoms with van der Waals surface area (Å²) in [6.45, 7) is 1.02. The van der Waals surface area contributed by atoms with Gasteiger partial charge in [-0.15, -0.1) is 0 Å². The molecule has 0 unspecified atom stereocenters. The van der Waals surface area contributed by atoms with Gasteiger partial charge in [-0.05, 0) is 28.1 Å². The van der Waals surface area contributed by atoms with E-state index in [1.807, 2.05) is 17.0 Å². The fourth-order valence-electron chi connectivity index (χ4n) is 1.10. The first-order valence-electron chi connectivity index (χ1n) is 3.64. The minimum Gasteiger partial charge on any atom is -0.342 e. The molecule has 62 valence electrons. The van der Waals surface area contributed by atoms with Gasteiger partial charge >= 0.3 is 0 Å². The van der Waals surface area contributed by atoms with Crippen molar-refractivity contribution in [3.63, 3.8) is 0 Å². The zero-order valence-corrected chi connectivity index (χ0v) is 7.91. The molecule has 0 saturated carbocycles. The largest absolute Gasteiger partial charge is 0.342 e. The first-order chi connectivity index (χ1) is 5.75. The molecule has 0 radical (unpaired) electrons. The predicted molar refractivity (Wildman–Crippen MR) is 49.2 cm³/mol. The molecule has 1 aromatic heterocycles. The summed E-state index contributed by atoms with van der Waals surface area (Å²) in [4.78, 5) is 16.8. The van der Waals surface area contributed by atoms with E-state index in [0.29, 0.717) is 13.1 Å². The van der Waals surface area contributed by atoms with Crippen LogP contribution in [0.4, 0.5) is 5.82 Å². The Morgan fingerprint density at radius 1 is 1.42 bits per heavy atom. The maximum absolute atomic E-state index is 10.7. The Labute approximate surface area is 78.5 Å². The van der Waals surface area contributed by atoms with E-state index < -0.39 is 0 Å². The third kappa shape index (κ3) is 1.34. The zero-order chi connectivity index (χ0) is 8.55. The van der Waals surface area contributed by atoms with Crippen LogP contribution in [0.25, 0.3) is 0 Å². The summed E-state index contributed by atoms with van der Waals surface area (Å²) in [5, 5.41) is 0. The Morgan fingerprint density at radius 3 is 2.67 bits per heavy atom. The average molecular weight is 227 g/mol. The van der Waals surface area contributed by atoms with Crippen molar-refractivity contribution in [1.29, 1.82) is 0 Å². The minimum atomic E-state index is 0.278. The highest BCUT2D eigenvalue weighted by atomic mass is 79.9. The summed E-state index contributed by atoms with van der Waals surface area (Å²) in [5.74, 6) is 1.15. The van der Waals surface area contributed by atoms with Crippen molar-refractivity contribution in [3.05, 3.63) is 22.8 Å². The monoisotopic (exact) mass is 226 g/mol. The Morgan fingerprint density at radius 2 is 2.17 bits per heavy atom. The Bertz CT molecular complexity index is 301. The molecule has 1 saturated heterocycles. The van der Waals surface area contributed by atoms with Gasteiger partial charge in [0.05, 0.1) is 13.1 Å². The molecule has 1 aromatic rings. The number of aromatic nitrogens is 1. The molecular formula is C8H7BrN2O. The number of pyridine rings is 1. The number of hydrogen-bond donors (Lipinski definition) is 0. The molecule has 0 aromatic carbocycles. The Kier molecular flexibility index (Phi) is 1.84. The van der Waals surface area contributed by atoms with Crippen LogP contribution in [0.3, 0.4) is 0 Å². The van der Waals surface area contributed by atoms with Crippen molar-refractivity contribution in [3.8, 4) is 0 Å². The fourth-order valence-corrected chi connectivity index (χ4v) is 1.33. The molecule has 0 atom stereocenters. The van der Waals surface area contributed by atoms with E-state index in [9.17, 15) is 4.79 Å². The van der Waals surface area contributed by atoms with Gasteiger partial charge in [-0.3, -0.25) is 4.79 Å². The van der Waals surface area contributed by atoms with Crippen LogP contribution in [0.1, 0.15) is 0 Å². The number of hydrogen-bond acceptors (Lipinski definition) is 3. The SMILES string of the molecule is O=C1CN(c2ccc(Br)cn2)C1. The van der Waals surface area contributed by atoms with Crippen LogP contribution < -0.4 is 4.90 Å². The predicted octanol–water partition coefficient (Wildman–Crippen LogP) is 1.23. The van der Waals surface area contributed by atoms with E-state index in [1.54, 1.807) is 6.20 Å². The minimum absolute atomic E-state index is 0.278. The van der Waals surface area contributed by atoms with Gasteiger partial charge in [-0.2, -0.15) is 0 Å². The first-order valence-corrected chi connectivity index (χ1v) is 4.43. The smallest absolute Gasteiger partial charge is 0.171 e. The topological polar surface area (TPSA) is 33.2 Å². The van der Waals surface area contributed by atoms with Gasteiger partial charge < -0.3 is 4.90 Å². The molecule has 12 heavy (non-hydrogen) atoms. The van der Waals surface area contributed by atoms with Crippen molar-refractivity contribution in [2.45, 2.75) is 0 Å². The van der Waals surface area contributed by atoms with Gasteiger partial charge in [-0.25, -0.2) is 4.98 Å². The lowest BCUT2D eigenvalue weighted by Gasteiger charge is -2.30. The average Bonchev–Trinajstić information content (AvgIpc) is 2.01. The number of carbonyl (C=O) groups excluding carboxylic acids is 1. The summed E-state index contributed by atoms with van der Waals surface area (Å²) in [6.07, 6.45) is 1.73. The second kappa shape index (κ2) is 2.86. The third-order valence-corrected chi connectivity index (χ3v) is 2.24. The maximum atomic E-state index is 10.7. The summed E-state index contributed by atoms with van der Waals surface area (Å²) in [5.41, 5.74) is 0. The highest BCUT2D eigenvalue weighted by Crippen LogP contribution is 2.17. The van der Waals surface area contributed by atoms with Crippen LogP contribution in [0.15, 0.2) is 22.8 Å². The highest BCUT2D eigenvalue weighted by molar-refractivity contribution is 9.10. The van der Waals surface area contributed by atoms with Gasteiger partial charge in [0.2, 0.25) is 0 Å². The van der Waals surface area contributed by atoms with Crippen molar-refractivity contribution >= 4 is 27.5 Å². The Balaban J connectivity index is 2.14. The van der Waals surface area contributed by atoms with E-state index in [4.69, 9.17) is 0 Å². The molecule has 0 amide bonds. The first kappa shape index (κ1) is 7.73. The lowest BCUT2D eigenvalue weighted by atomic mass is 10.2. The standard InChI is InChI=1S/C8H7BrN2O/c9-6-1-2-8(10-3-6)11-4-7(12)5-11/h1-3H,4-5H2. The van der Waals surface area contributed by atoms with Crippen LogP contribution in [-0.2, 0) is 4.79 Å². The Hall–Kier alpha value is -0.900. The lowest BCUT2D eigenvalue weighted by molar-refractivity contribution is -0.119. The van der Waals surface area contributed by atoms with Gasteiger partial charge in [0.15, 0.2) is 5.78 Å². The van der Waals surface area contributed by atoms with Crippen LogP contribution in [0.5, 0.6) is 0 Å². The molecule has 0 aliphatic carbocycles. The van der Waals surface area contributed by atoms with E-state index >= 15 is 0 Å². The lowest BCUT2D eigenvalue weighted by Crippen LogP contribution is -2.47. The van der Waals surface area contributed by atoms with E-state index in [1.165, 1.54) is 0 Å². The van der Waals surface area contributed by atoms with E-state index in [0.717, 1.165) is 10.3 Å². The fraction of sp³-hybridized carbons (Fsp3) is 0.250. The molecule has 0 N–H and O–H groups in total. The molecule has 0 bridgehead atoms. The molecular weight excluding hydrogens is 220 g/mol. The van der Waals surface area contributed by atoms with Crippen molar-refractivity contribution in [2.75, 3.05) is 18.0 Å². The second-order valence-corrected chi connectivity index (χ2v) is 3.65. The van der Waals surface area contributed by atoms with Crippen LogP contribution >= 0.6 is 15.9 Å². The van der Waals surface area contributed by atoms with Gasteiger partial charge in [0.1, 0.15) is 5.82 Å². The van der Waals surface area contributed by atoms with E-state index in [-0.39, 0.29) is 5.78 Å². The van der Waals surface area contributed by atoms with Crippen LogP contribution in [-0.4, -0.2) is 23.9 Å². The van der Waals surface area contributed by atoms with Crippen LogP contribution in [0, 0.1) is 0 Å². The highest BCUT2D eigenvalue weighted by Gasteiger charge is 2.24. The summed E-state index contributed by atoms with van der Waals surface area (Å²) < 4.78 is 0.957. The molecule has 2 heterocycles. The normalized spacial score (nSPS) is 16.1. The van der Waals surface area contributed by atoms with Gasteiger partial charge in [0, 0.05) is 10.7 Å². The molecule has 1 aliphatic rings. The van der Waals surface area contributed by atoms with Crippen molar-refractivity contribution < 1.29 is 4.79 Å². The summed E-state index contributed by atoms with van der Waals surface area (Å²) >= 11 is 3.30. The summed E-state index contributed by atoms with van der Waals surface area (Å²) in [7, 11) is 0. The van der Waals surface area contributed by atoms with Gasteiger partial charge in [-0.1, -0.05) is 0 Å². The quantitative estimate of drug-likeness (QED) is 0.723. The molecule has 4 heteroatoms. The number of carbonyl (C=O) groups is 1. The molecule has 1 aliphatic heterocycles. The van der Waals surface area contributed by atoms with Gasteiger partial charge in [0.25, 0.3) is 0 Å². The van der Waals surface area contributed by atoms with E-state index in [2.05, 4.69) is 20.9 Å². The number of Topliss-reactive ketones (excluding diaryl/α,β-unsaturated/α-hetero) is 1. The number of halogens is 1. The van der Waals surface area contributed by atoms with Crippen molar-refractivity contribution in [1.82, 2.24) is 4.98 Å². The number of nitrogens with zero attached hydrogens (tertiary/aromatic N) is 2. The zero-order valence-electron chi connectivity index (χ0n) is 6.33. The number of rotatable bonds is 1.